The molecule has 1 N–H and O–H groups in total. The Kier molecular flexibility index (Phi) is 5.57. The summed E-state index contributed by atoms with van der Waals surface area (Å²) in [5.74, 6) is 0.372. The molecule has 3 aromatic rings. The number of carbonyl (C=O) groups is 1. The van der Waals surface area contributed by atoms with Gasteiger partial charge in [-0.05, 0) is 37.5 Å². The van der Waals surface area contributed by atoms with Gasteiger partial charge in [-0.3, -0.25) is 9.36 Å². The molecule has 4 rings (SSSR count). The Morgan fingerprint density at radius 1 is 1.31 bits per heavy atom. The van der Waals surface area contributed by atoms with Gasteiger partial charge in [-0.2, -0.15) is 5.10 Å². The number of hydrogen-bond acceptors (Lipinski definition) is 5. The van der Waals surface area contributed by atoms with Crippen LogP contribution in [0.15, 0.2) is 34.4 Å². The lowest BCUT2D eigenvalue weighted by atomic mass is 10.1. The lowest BCUT2D eigenvalue weighted by Gasteiger charge is -2.15. The van der Waals surface area contributed by atoms with Gasteiger partial charge in [0, 0.05) is 24.4 Å². The molecule has 0 radical (unpaired) electrons. The number of hydrogen-bond donors (Lipinski definition) is 1. The molecule has 0 fully saturated rings. The number of halogens is 1. The van der Waals surface area contributed by atoms with Crippen LogP contribution in [0.2, 0.25) is 0 Å². The van der Waals surface area contributed by atoms with Crippen molar-refractivity contribution in [3.63, 3.8) is 0 Å². The summed E-state index contributed by atoms with van der Waals surface area (Å²) in [7, 11) is 0. The summed E-state index contributed by atoms with van der Waals surface area (Å²) in [5, 5.41) is 10.4. The zero-order chi connectivity index (χ0) is 20.4. The van der Waals surface area contributed by atoms with E-state index in [1.165, 1.54) is 28.2 Å². The highest BCUT2D eigenvalue weighted by Gasteiger charge is 2.22. The number of amides is 1. The predicted octanol–water partition coefficient (Wildman–Crippen LogP) is 2.06. The number of fused-ring (bicyclic) bond motifs is 1. The first kappa shape index (κ1) is 19.5. The van der Waals surface area contributed by atoms with Crippen molar-refractivity contribution in [1.82, 2.24) is 24.6 Å². The van der Waals surface area contributed by atoms with E-state index in [0.717, 1.165) is 28.5 Å². The van der Waals surface area contributed by atoms with E-state index in [9.17, 15) is 14.0 Å². The van der Waals surface area contributed by atoms with Crippen molar-refractivity contribution in [2.24, 2.45) is 0 Å². The lowest BCUT2D eigenvalue weighted by Crippen LogP contribution is -2.36. The summed E-state index contributed by atoms with van der Waals surface area (Å²) < 4.78 is 16.2. The lowest BCUT2D eigenvalue weighted by molar-refractivity contribution is -0.121. The Labute approximate surface area is 171 Å². The number of aryl methyl sites for hydroxylation is 2. The highest BCUT2D eigenvalue weighted by Crippen LogP contribution is 2.14. The van der Waals surface area contributed by atoms with Gasteiger partial charge in [0.15, 0.2) is 0 Å². The first-order valence-corrected chi connectivity index (χ1v) is 10.5. The van der Waals surface area contributed by atoms with Crippen LogP contribution in [0, 0.1) is 12.7 Å². The maximum Gasteiger partial charge on any atom is 0.346 e. The number of benzene rings is 1. The number of rotatable bonds is 5. The Bertz CT molecular complexity index is 1070. The molecule has 0 saturated carbocycles. The Morgan fingerprint density at radius 2 is 2.10 bits per heavy atom. The molecular formula is C20H22FN5O2S. The van der Waals surface area contributed by atoms with Gasteiger partial charge < -0.3 is 5.32 Å². The Morgan fingerprint density at radius 3 is 2.83 bits per heavy atom. The predicted molar refractivity (Wildman–Crippen MR) is 107 cm³/mol. The van der Waals surface area contributed by atoms with Gasteiger partial charge in [0.25, 0.3) is 0 Å². The third-order valence-electron chi connectivity index (χ3n) is 5.04. The average Bonchev–Trinajstić information content (AvgIpc) is 3.15. The summed E-state index contributed by atoms with van der Waals surface area (Å²) in [6.07, 6.45) is 2.30. The number of carbonyl (C=O) groups excluding carboxylic acids is 1. The molecule has 0 aliphatic carbocycles. The molecule has 0 spiro atoms. The van der Waals surface area contributed by atoms with Crippen LogP contribution in [0.25, 0.3) is 0 Å². The summed E-state index contributed by atoms with van der Waals surface area (Å²) in [4.78, 5) is 29.3. The fourth-order valence-electron chi connectivity index (χ4n) is 3.57. The van der Waals surface area contributed by atoms with Gasteiger partial charge in [-0.15, -0.1) is 11.3 Å². The third-order valence-corrected chi connectivity index (χ3v) is 5.86. The molecule has 29 heavy (non-hydrogen) atoms. The molecule has 7 nitrogen and oxygen atoms in total. The first-order valence-electron chi connectivity index (χ1n) is 9.59. The SMILES string of the molecule is Cc1nc(CC(=O)NC2CCc3nn(Cc4ccc(F)cc4)c(=O)n3CC2)cs1. The minimum atomic E-state index is -0.306. The third kappa shape index (κ3) is 4.61. The van der Waals surface area contributed by atoms with Crippen molar-refractivity contribution in [3.05, 3.63) is 68.0 Å². The standard InChI is InChI=1S/C20H22FN5O2S/c1-13-22-17(12-29-13)10-19(27)23-16-6-7-18-24-26(20(28)25(18)9-8-16)11-14-2-4-15(21)5-3-14/h2-5,12,16H,6-11H2,1H3,(H,23,27). The average molecular weight is 415 g/mol. The van der Waals surface area contributed by atoms with E-state index in [1.807, 2.05) is 12.3 Å². The highest BCUT2D eigenvalue weighted by atomic mass is 32.1. The molecule has 1 aliphatic heterocycles. The quantitative estimate of drug-likeness (QED) is 0.692. The van der Waals surface area contributed by atoms with Crippen LogP contribution in [-0.2, 0) is 30.7 Å². The van der Waals surface area contributed by atoms with Crippen LogP contribution < -0.4 is 11.0 Å². The van der Waals surface area contributed by atoms with Crippen LogP contribution in [0.5, 0.6) is 0 Å². The first-order chi connectivity index (χ1) is 14.0. The second-order valence-corrected chi connectivity index (χ2v) is 8.32. The maximum absolute atomic E-state index is 13.1. The van der Waals surface area contributed by atoms with Gasteiger partial charge in [0.1, 0.15) is 11.6 Å². The summed E-state index contributed by atoms with van der Waals surface area (Å²) in [5.41, 5.74) is 1.44. The molecule has 1 aromatic carbocycles. The van der Waals surface area contributed by atoms with Crippen LogP contribution in [0.4, 0.5) is 4.39 Å². The van der Waals surface area contributed by atoms with Gasteiger partial charge in [-0.25, -0.2) is 18.9 Å². The Balaban J connectivity index is 1.38. The van der Waals surface area contributed by atoms with Gasteiger partial charge in [0.05, 0.1) is 23.7 Å². The van der Waals surface area contributed by atoms with E-state index in [4.69, 9.17) is 0 Å². The summed E-state index contributed by atoms with van der Waals surface area (Å²) >= 11 is 1.53. The summed E-state index contributed by atoms with van der Waals surface area (Å²) in [6.45, 7) is 2.74. The van der Waals surface area contributed by atoms with E-state index in [2.05, 4.69) is 15.4 Å². The van der Waals surface area contributed by atoms with Crippen molar-refractivity contribution in [3.8, 4) is 0 Å². The second-order valence-electron chi connectivity index (χ2n) is 7.26. The molecule has 9 heteroatoms. The smallest absolute Gasteiger partial charge is 0.346 e. The van der Waals surface area contributed by atoms with Crippen molar-refractivity contribution < 1.29 is 9.18 Å². The van der Waals surface area contributed by atoms with E-state index < -0.39 is 0 Å². The minimum absolute atomic E-state index is 0.00822. The molecule has 1 unspecified atom stereocenters. The number of nitrogens with one attached hydrogen (secondary N) is 1. The van der Waals surface area contributed by atoms with Crippen molar-refractivity contribution in [2.45, 2.75) is 51.7 Å². The van der Waals surface area contributed by atoms with E-state index >= 15 is 0 Å². The van der Waals surface area contributed by atoms with Crippen LogP contribution in [0.1, 0.15) is 34.9 Å². The highest BCUT2D eigenvalue weighted by molar-refractivity contribution is 7.09. The molecule has 3 heterocycles. The molecule has 152 valence electrons. The van der Waals surface area contributed by atoms with Gasteiger partial charge >= 0.3 is 5.69 Å². The monoisotopic (exact) mass is 415 g/mol. The molecule has 0 bridgehead atoms. The second kappa shape index (κ2) is 8.28. The molecular weight excluding hydrogens is 393 g/mol. The van der Waals surface area contributed by atoms with Gasteiger partial charge in [0.2, 0.25) is 5.91 Å². The summed E-state index contributed by atoms with van der Waals surface area (Å²) in [6, 6.07) is 6.07. The minimum Gasteiger partial charge on any atom is -0.353 e. The van der Waals surface area contributed by atoms with Gasteiger partial charge in [-0.1, -0.05) is 12.1 Å². The topological polar surface area (TPSA) is 81.8 Å². The largest absolute Gasteiger partial charge is 0.353 e. The molecule has 1 amide bonds. The number of nitrogens with zero attached hydrogens (tertiary/aromatic N) is 4. The normalized spacial score (nSPS) is 16.3. The zero-order valence-electron chi connectivity index (χ0n) is 16.1. The maximum atomic E-state index is 13.1. The van der Waals surface area contributed by atoms with E-state index in [-0.39, 0.29) is 29.9 Å². The van der Waals surface area contributed by atoms with Crippen LogP contribution in [0.3, 0.4) is 0 Å². The fourth-order valence-corrected chi connectivity index (χ4v) is 4.18. The number of thiazole rings is 1. The number of aromatic nitrogens is 4. The Hall–Kier alpha value is -2.81. The van der Waals surface area contributed by atoms with Crippen molar-refractivity contribution in [2.75, 3.05) is 0 Å². The molecule has 0 saturated heterocycles. The molecule has 2 aromatic heterocycles. The van der Waals surface area contributed by atoms with E-state index in [1.54, 1.807) is 16.7 Å². The van der Waals surface area contributed by atoms with Crippen LogP contribution in [-0.4, -0.2) is 31.3 Å². The zero-order valence-corrected chi connectivity index (χ0v) is 16.9. The van der Waals surface area contributed by atoms with Crippen molar-refractivity contribution >= 4 is 17.2 Å². The van der Waals surface area contributed by atoms with E-state index in [0.29, 0.717) is 25.9 Å². The van der Waals surface area contributed by atoms with Crippen molar-refractivity contribution in [1.29, 1.82) is 0 Å². The van der Waals surface area contributed by atoms with Crippen LogP contribution >= 0.6 is 11.3 Å². The molecule has 1 aliphatic rings. The fraction of sp³-hybridized carbons (Fsp3) is 0.400. The molecule has 1 atom stereocenters.